The maximum atomic E-state index is 13.2. The maximum absolute atomic E-state index is 13.2. The average Bonchev–Trinajstić information content (AvgIpc) is 2.32. The van der Waals surface area contributed by atoms with Gasteiger partial charge in [-0.2, -0.15) is 0 Å². The van der Waals surface area contributed by atoms with Crippen LogP contribution >= 0.6 is 23.2 Å². The molecule has 0 amide bonds. The molecule has 0 atom stereocenters. The molecule has 18 heavy (non-hydrogen) atoms. The van der Waals surface area contributed by atoms with Crippen LogP contribution in [0.2, 0.25) is 10.0 Å². The molecule has 2 aromatic rings. The van der Waals surface area contributed by atoms with Gasteiger partial charge in [-0.25, -0.2) is 4.39 Å². The van der Waals surface area contributed by atoms with Crippen LogP contribution < -0.4 is 4.74 Å². The molecule has 0 heterocycles. The second-order valence-corrected chi connectivity index (χ2v) is 4.47. The number of ether oxygens (including phenoxy) is 1. The first-order valence-corrected chi connectivity index (χ1v) is 5.87. The minimum absolute atomic E-state index is 0.261. The van der Waals surface area contributed by atoms with Crippen LogP contribution in [-0.4, -0.2) is 5.11 Å². The molecule has 0 aliphatic rings. The predicted octanol–water partition coefficient (Wildman–Crippen LogP) is 4.42. The second-order valence-electron chi connectivity index (χ2n) is 3.63. The Balaban J connectivity index is 2.30. The van der Waals surface area contributed by atoms with E-state index < -0.39 is 5.82 Å². The number of aliphatic hydroxyl groups excluding tert-OH is 1. The molecule has 1 N–H and O–H groups in total. The molecule has 0 aliphatic carbocycles. The Morgan fingerprint density at radius 1 is 1.11 bits per heavy atom. The van der Waals surface area contributed by atoms with Crippen molar-refractivity contribution in [1.82, 2.24) is 0 Å². The molecule has 0 saturated heterocycles. The predicted molar refractivity (Wildman–Crippen MR) is 68.9 cm³/mol. The molecule has 5 heteroatoms. The second kappa shape index (κ2) is 5.57. The molecule has 0 unspecified atom stereocenters. The first-order valence-electron chi connectivity index (χ1n) is 5.12. The first kappa shape index (κ1) is 13.1. The highest BCUT2D eigenvalue weighted by Gasteiger charge is 2.06. The van der Waals surface area contributed by atoms with E-state index in [9.17, 15) is 4.39 Å². The van der Waals surface area contributed by atoms with Gasteiger partial charge in [-0.15, -0.1) is 0 Å². The lowest BCUT2D eigenvalue weighted by atomic mass is 10.2. The fourth-order valence-electron chi connectivity index (χ4n) is 1.46. The third-order valence-electron chi connectivity index (χ3n) is 2.24. The molecule has 0 spiro atoms. The summed E-state index contributed by atoms with van der Waals surface area (Å²) in [6.45, 7) is -0.261. The van der Waals surface area contributed by atoms with Crippen molar-refractivity contribution in [1.29, 1.82) is 0 Å². The molecule has 2 nitrogen and oxygen atoms in total. The van der Waals surface area contributed by atoms with E-state index in [2.05, 4.69) is 0 Å². The monoisotopic (exact) mass is 286 g/mol. The molecule has 0 bridgehead atoms. The van der Waals surface area contributed by atoms with Gasteiger partial charge in [0.1, 0.15) is 17.3 Å². The van der Waals surface area contributed by atoms with Crippen molar-refractivity contribution in [2.75, 3.05) is 0 Å². The molecule has 0 aromatic heterocycles. The highest BCUT2D eigenvalue weighted by Crippen LogP contribution is 2.32. The van der Waals surface area contributed by atoms with Crippen LogP contribution in [0.4, 0.5) is 4.39 Å². The summed E-state index contributed by atoms with van der Waals surface area (Å²) in [6.07, 6.45) is 0. The quantitative estimate of drug-likeness (QED) is 0.905. The molecular formula is C13H9Cl2FO2. The van der Waals surface area contributed by atoms with Crippen molar-refractivity contribution in [2.45, 2.75) is 6.61 Å². The fraction of sp³-hybridized carbons (Fsp3) is 0.0769. The lowest BCUT2D eigenvalue weighted by molar-refractivity contribution is 0.280. The largest absolute Gasteiger partial charge is 0.456 e. The summed E-state index contributed by atoms with van der Waals surface area (Å²) in [5.74, 6) is 0.153. The van der Waals surface area contributed by atoms with Gasteiger partial charge in [0.25, 0.3) is 0 Å². The van der Waals surface area contributed by atoms with Gasteiger partial charge in [-0.3, -0.25) is 0 Å². The van der Waals surface area contributed by atoms with Crippen LogP contribution in [0, 0.1) is 5.82 Å². The van der Waals surface area contributed by atoms with Crippen LogP contribution in [0.15, 0.2) is 36.4 Å². The average molecular weight is 287 g/mol. The lowest BCUT2D eigenvalue weighted by Crippen LogP contribution is -1.90. The molecule has 0 radical (unpaired) electrons. The zero-order chi connectivity index (χ0) is 13.1. The number of aliphatic hydroxyl groups is 1. The highest BCUT2D eigenvalue weighted by atomic mass is 35.5. The van der Waals surface area contributed by atoms with E-state index in [4.69, 9.17) is 33.0 Å². The van der Waals surface area contributed by atoms with Gasteiger partial charge in [0.05, 0.1) is 11.6 Å². The Morgan fingerprint density at radius 2 is 1.89 bits per heavy atom. The normalized spacial score (nSPS) is 10.4. The summed E-state index contributed by atoms with van der Waals surface area (Å²) in [5, 5.41) is 9.80. The number of hydrogen-bond acceptors (Lipinski definition) is 2. The minimum atomic E-state index is -0.485. The Labute approximate surface area is 114 Å². The van der Waals surface area contributed by atoms with Crippen LogP contribution in [0.25, 0.3) is 0 Å². The Hall–Kier alpha value is -1.29. The van der Waals surface area contributed by atoms with E-state index in [1.54, 1.807) is 12.1 Å². The smallest absolute Gasteiger partial charge is 0.146 e. The highest BCUT2D eigenvalue weighted by molar-refractivity contribution is 6.35. The van der Waals surface area contributed by atoms with Gasteiger partial charge in [0, 0.05) is 11.1 Å². The maximum Gasteiger partial charge on any atom is 0.146 e. The zero-order valence-corrected chi connectivity index (χ0v) is 10.7. The first-order chi connectivity index (χ1) is 8.58. The number of halogens is 3. The molecule has 94 valence electrons. The van der Waals surface area contributed by atoms with Crippen LogP contribution in [-0.2, 0) is 6.61 Å². The van der Waals surface area contributed by atoms with E-state index in [-0.39, 0.29) is 12.4 Å². The summed E-state index contributed by atoms with van der Waals surface area (Å²) in [5.41, 5.74) is 0.426. The summed E-state index contributed by atoms with van der Waals surface area (Å²) in [6, 6.07) is 8.72. The molecule has 2 rings (SSSR count). The number of hydrogen-bond donors (Lipinski definition) is 1. The number of rotatable bonds is 3. The van der Waals surface area contributed by atoms with Gasteiger partial charge in [-0.05, 0) is 35.9 Å². The SMILES string of the molecule is OCc1cc(F)cc(Oc2ccc(Cl)cc2Cl)c1. The summed E-state index contributed by atoms with van der Waals surface area (Å²) in [7, 11) is 0. The van der Waals surface area contributed by atoms with Crippen LogP contribution in [0.3, 0.4) is 0 Å². The lowest BCUT2D eigenvalue weighted by Gasteiger charge is -2.09. The van der Waals surface area contributed by atoms with Gasteiger partial charge < -0.3 is 9.84 Å². The van der Waals surface area contributed by atoms with Crippen molar-refractivity contribution in [3.63, 3.8) is 0 Å². The molecule has 0 saturated carbocycles. The van der Waals surface area contributed by atoms with Crippen molar-refractivity contribution in [3.05, 3.63) is 57.8 Å². The minimum Gasteiger partial charge on any atom is -0.456 e. The molecule has 2 aromatic carbocycles. The summed E-state index contributed by atoms with van der Waals surface area (Å²) >= 11 is 11.7. The Bertz CT molecular complexity index is 573. The summed E-state index contributed by atoms with van der Waals surface area (Å²) in [4.78, 5) is 0. The van der Waals surface area contributed by atoms with E-state index in [0.717, 1.165) is 0 Å². The molecular weight excluding hydrogens is 278 g/mol. The fourth-order valence-corrected chi connectivity index (χ4v) is 1.90. The third-order valence-corrected chi connectivity index (χ3v) is 2.77. The van der Waals surface area contributed by atoms with E-state index in [1.165, 1.54) is 24.3 Å². The van der Waals surface area contributed by atoms with Crippen molar-refractivity contribution < 1.29 is 14.2 Å². The molecule has 0 fully saturated rings. The van der Waals surface area contributed by atoms with Gasteiger partial charge in [0.2, 0.25) is 0 Å². The third kappa shape index (κ3) is 3.13. The van der Waals surface area contributed by atoms with E-state index in [0.29, 0.717) is 21.4 Å². The van der Waals surface area contributed by atoms with Crippen LogP contribution in [0.1, 0.15) is 5.56 Å². The van der Waals surface area contributed by atoms with Gasteiger partial charge in [0.15, 0.2) is 0 Å². The zero-order valence-electron chi connectivity index (χ0n) is 9.16. The van der Waals surface area contributed by atoms with Gasteiger partial charge >= 0.3 is 0 Å². The standard InChI is InChI=1S/C13H9Cl2FO2/c14-9-1-2-13(12(15)5-9)18-11-4-8(7-17)3-10(16)6-11/h1-6,17H,7H2. The van der Waals surface area contributed by atoms with Gasteiger partial charge in [-0.1, -0.05) is 23.2 Å². The van der Waals surface area contributed by atoms with Crippen molar-refractivity contribution >= 4 is 23.2 Å². The Kier molecular flexibility index (Phi) is 4.07. The van der Waals surface area contributed by atoms with E-state index >= 15 is 0 Å². The Morgan fingerprint density at radius 3 is 2.56 bits per heavy atom. The molecule has 0 aliphatic heterocycles. The van der Waals surface area contributed by atoms with Crippen molar-refractivity contribution in [3.8, 4) is 11.5 Å². The van der Waals surface area contributed by atoms with Crippen LogP contribution in [0.5, 0.6) is 11.5 Å². The van der Waals surface area contributed by atoms with E-state index in [1.807, 2.05) is 0 Å². The summed E-state index contributed by atoms with van der Waals surface area (Å²) < 4.78 is 18.7. The number of benzene rings is 2. The topological polar surface area (TPSA) is 29.5 Å². The van der Waals surface area contributed by atoms with Crippen molar-refractivity contribution in [2.24, 2.45) is 0 Å².